The first-order chi connectivity index (χ1) is 9.56. The third-order valence-corrected chi connectivity index (χ3v) is 4.55. The van der Waals surface area contributed by atoms with E-state index < -0.39 is 5.97 Å². The van der Waals surface area contributed by atoms with E-state index in [9.17, 15) is 4.79 Å². The average Bonchev–Trinajstić information content (AvgIpc) is 2.99. The predicted octanol–water partition coefficient (Wildman–Crippen LogP) is 2.14. The van der Waals surface area contributed by atoms with Crippen LogP contribution in [0.5, 0.6) is 0 Å². The molecular formula is C11H14N4O3S2. The van der Waals surface area contributed by atoms with Gasteiger partial charge in [0.15, 0.2) is 5.82 Å². The fourth-order valence-electron chi connectivity index (χ4n) is 1.56. The summed E-state index contributed by atoms with van der Waals surface area (Å²) in [5.74, 6) is 0.610. The van der Waals surface area contributed by atoms with Gasteiger partial charge in [-0.15, -0.1) is 23.1 Å². The lowest BCUT2D eigenvalue weighted by atomic mass is 10.4. The smallest absolute Gasteiger partial charge is 0.350 e. The number of hydrogen-bond acceptors (Lipinski definition) is 9. The van der Waals surface area contributed by atoms with Gasteiger partial charge in [-0.3, -0.25) is 0 Å². The standard InChI is InChI=1S/C11H14N4O3S2/c1-5-14-6(18-15-5)4-13-10-8(19-3)7(12)9(20-10)11(16)17-2/h13H,4,12H2,1-3H3. The minimum absolute atomic E-state index is 0.370. The van der Waals surface area contributed by atoms with Crippen molar-refractivity contribution in [1.29, 1.82) is 0 Å². The Morgan fingerprint density at radius 2 is 2.35 bits per heavy atom. The SMILES string of the molecule is COC(=O)c1sc(NCc2nc(C)no2)c(SC)c1N. The fraction of sp³-hybridized carbons (Fsp3) is 0.364. The Morgan fingerprint density at radius 3 is 2.90 bits per heavy atom. The van der Waals surface area contributed by atoms with Crippen molar-refractivity contribution >= 4 is 39.8 Å². The minimum atomic E-state index is -0.440. The molecule has 0 aliphatic carbocycles. The summed E-state index contributed by atoms with van der Waals surface area (Å²) < 4.78 is 9.73. The maximum atomic E-state index is 11.6. The fourth-order valence-corrected chi connectivity index (χ4v) is 3.51. The Kier molecular flexibility index (Phi) is 4.50. The number of ether oxygens (including phenoxy) is 1. The number of nitrogens with two attached hydrogens (primary N) is 1. The number of nitrogens with zero attached hydrogens (tertiary/aromatic N) is 2. The molecule has 0 amide bonds. The summed E-state index contributed by atoms with van der Waals surface area (Å²) in [6, 6.07) is 0. The van der Waals surface area contributed by atoms with Gasteiger partial charge in [-0.1, -0.05) is 5.16 Å². The van der Waals surface area contributed by atoms with Crippen molar-refractivity contribution in [2.24, 2.45) is 0 Å². The van der Waals surface area contributed by atoms with Gasteiger partial charge in [0, 0.05) is 0 Å². The minimum Gasteiger partial charge on any atom is -0.465 e. The molecule has 108 valence electrons. The van der Waals surface area contributed by atoms with Crippen LogP contribution in [0.2, 0.25) is 0 Å². The number of nitrogen functional groups attached to an aromatic ring is 1. The number of anilines is 2. The van der Waals surface area contributed by atoms with Crippen LogP contribution in [0.4, 0.5) is 10.7 Å². The van der Waals surface area contributed by atoms with Crippen LogP contribution in [-0.2, 0) is 11.3 Å². The number of aromatic nitrogens is 2. The van der Waals surface area contributed by atoms with Gasteiger partial charge in [-0.2, -0.15) is 4.98 Å². The zero-order chi connectivity index (χ0) is 14.7. The molecule has 3 N–H and O–H groups in total. The molecule has 0 radical (unpaired) electrons. The second kappa shape index (κ2) is 6.14. The molecule has 0 aliphatic rings. The Labute approximate surface area is 123 Å². The highest BCUT2D eigenvalue weighted by Gasteiger charge is 2.21. The molecule has 0 atom stereocenters. The van der Waals surface area contributed by atoms with Crippen LogP contribution in [0.1, 0.15) is 21.4 Å². The number of rotatable bonds is 5. The summed E-state index contributed by atoms with van der Waals surface area (Å²) in [4.78, 5) is 16.9. The average molecular weight is 314 g/mol. The molecule has 0 aliphatic heterocycles. The van der Waals surface area contributed by atoms with E-state index in [-0.39, 0.29) is 0 Å². The van der Waals surface area contributed by atoms with Gasteiger partial charge in [0.25, 0.3) is 0 Å². The van der Waals surface area contributed by atoms with Crippen molar-refractivity contribution in [1.82, 2.24) is 10.1 Å². The van der Waals surface area contributed by atoms with E-state index >= 15 is 0 Å². The summed E-state index contributed by atoms with van der Waals surface area (Å²) >= 11 is 2.71. The Bertz CT molecular complexity index is 623. The first-order valence-electron chi connectivity index (χ1n) is 5.64. The number of nitrogens with one attached hydrogen (secondary N) is 1. The van der Waals surface area contributed by atoms with Gasteiger partial charge in [0.2, 0.25) is 5.89 Å². The van der Waals surface area contributed by atoms with E-state index in [0.29, 0.717) is 28.8 Å². The van der Waals surface area contributed by atoms with Crippen molar-refractivity contribution in [2.45, 2.75) is 18.4 Å². The van der Waals surface area contributed by atoms with Gasteiger partial charge in [-0.05, 0) is 13.2 Å². The molecule has 7 nitrogen and oxygen atoms in total. The van der Waals surface area contributed by atoms with E-state index in [1.54, 1.807) is 6.92 Å². The third kappa shape index (κ3) is 2.88. The first-order valence-corrected chi connectivity index (χ1v) is 7.68. The van der Waals surface area contributed by atoms with E-state index in [1.807, 2.05) is 6.26 Å². The van der Waals surface area contributed by atoms with E-state index in [0.717, 1.165) is 9.90 Å². The lowest BCUT2D eigenvalue weighted by Gasteiger charge is -2.02. The Hall–Kier alpha value is -1.74. The van der Waals surface area contributed by atoms with Crippen LogP contribution in [0.25, 0.3) is 0 Å². The molecule has 9 heteroatoms. The summed E-state index contributed by atoms with van der Waals surface area (Å²) in [6.07, 6.45) is 1.89. The second-order valence-corrected chi connectivity index (χ2v) is 5.62. The van der Waals surface area contributed by atoms with Crippen molar-refractivity contribution in [2.75, 3.05) is 24.4 Å². The number of esters is 1. The molecule has 0 aromatic carbocycles. The van der Waals surface area contributed by atoms with Crippen LogP contribution in [-0.4, -0.2) is 29.5 Å². The van der Waals surface area contributed by atoms with E-state index in [1.165, 1.54) is 30.2 Å². The zero-order valence-corrected chi connectivity index (χ0v) is 12.9. The van der Waals surface area contributed by atoms with Crippen LogP contribution < -0.4 is 11.1 Å². The summed E-state index contributed by atoms with van der Waals surface area (Å²) in [7, 11) is 1.33. The van der Waals surface area contributed by atoms with Crippen molar-refractivity contribution in [3.8, 4) is 0 Å². The van der Waals surface area contributed by atoms with Gasteiger partial charge in [0.05, 0.1) is 24.2 Å². The van der Waals surface area contributed by atoms with Crippen LogP contribution in [0.3, 0.4) is 0 Å². The largest absolute Gasteiger partial charge is 0.465 e. The van der Waals surface area contributed by atoms with Crippen molar-refractivity contribution < 1.29 is 14.1 Å². The second-order valence-electron chi connectivity index (χ2n) is 3.79. The van der Waals surface area contributed by atoms with E-state index in [4.69, 9.17) is 15.0 Å². The predicted molar refractivity (Wildman–Crippen MR) is 78.2 cm³/mol. The molecule has 0 saturated heterocycles. The Balaban J connectivity index is 2.20. The highest BCUT2D eigenvalue weighted by Crippen LogP contribution is 2.42. The van der Waals surface area contributed by atoms with E-state index in [2.05, 4.69) is 15.5 Å². The number of methoxy groups -OCH3 is 1. The molecule has 2 aromatic heterocycles. The van der Waals surface area contributed by atoms with Gasteiger partial charge < -0.3 is 20.3 Å². The van der Waals surface area contributed by atoms with Crippen molar-refractivity contribution in [3.05, 3.63) is 16.6 Å². The molecule has 0 bridgehead atoms. The number of carbonyl (C=O) groups is 1. The summed E-state index contributed by atoms with van der Waals surface area (Å²) in [5.41, 5.74) is 6.39. The zero-order valence-electron chi connectivity index (χ0n) is 11.2. The molecule has 0 saturated carbocycles. The third-order valence-electron chi connectivity index (χ3n) is 2.44. The molecule has 2 heterocycles. The highest BCUT2D eigenvalue weighted by atomic mass is 32.2. The monoisotopic (exact) mass is 314 g/mol. The molecule has 2 aromatic rings. The molecule has 0 fully saturated rings. The number of thiophene rings is 1. The lowest BCUT2D eigenvalue weighted by molar-refractivity contribution is 0.0607. The quantitative estimate of drug-likeness (QED) is 0.639. The van der Waals surface area contributed by atoms with Crippen LogP contribution in [0, 0.1) is 6.92 Å². The number of aryl methyl sites for hydroxylation is 1. The first kappa shape index (κ1) is 14.7. The summed E-state index contributed by atoms with van der Waals surface area (Å²) in [6.45, 7) is 2.12. The molecular weight excluding hydrogens is 300 g/mol. The number of hydrogen-bond donors (Lipinski definition) is 2. The summed E-state index contributed by atoms with van der Waals surface area (Å²) in [5, 5.41) is 7.64. The maximum absolute atomic E-state index is 11.6. The lowest BCUT2D eigenvalue weighted by Crippen LogP contribution is -2.01. The Morgan fingerprint density at radius 1 is 1.60 bits per heavy atom. The van der Waals surface area contributed by atoms with Crippen molar-refractivity contribution in [3.63, 3.8) is 0 Å². The maximum Gasteiger partial charge on any atom is 0.350 e. The highest BCUT2D eigenvalue weighted by molar-refractivity contribution is 7.99. The van der Waals surface area contributed by atoms with Crippen LogP contribution >= 0.6 is 23.1 Å². The number of thioether (sulfide) groups is 1. The topological polar surface area (TPSA) is 103 Å². The normalized spacial score (nSPS) is 10.6. The van der Waals surface area contributed by atoms with Gasteiger partial charge >= 0.3 is 5.97 Å². The number of carbonyl (C=O) groups excluding carboxylic acids is 1. The molecule has 0 spiro atoms. The van der Waals surface area contributed by atoms with Crippen LogP contribution in [0.15, 0.2) is 9.42 Å². The van der Waals surface area contributed by atoms with Gasteiger partial charge in [-0.25, -0.2) is 4.79 Å². The molecule has 0 unspecified atom stereocenters. The molecule has 20 heavy (non-hydrogen) atoms. The van der Waals surface area contributed by atoms with Gasteiger partial charge in [0.1, 0.15) is 9.88 Å². The molecule has 2 rings (SSSR count).